The topological polar surface area (TPSA) is 86.5 Å². The number of ether oxygens (including phenoxy) is 2. The van der Waals surface area contributed by atoms with Gasteiger partial charge in [-0.25, -0.2) is 0 Å². The highest BCUT2D eigenvalue weighted by atomic mass is 35.5. The number of rotatable bonds is 7. The molecule has 0 bridgehead atoms. The largest absolute Gasteiger partial charge is 0.497 e. The fourth-order valence-electron chi connectivity index (χ4n) is 2.23. The van der Waals surface area contributed by atoms with Crippen molar-refractivity contribution in [1.29, 1.82) is 0 Å². The fourth-order valence-corrected chi connectivity index (χ4v) is 3.01. The predicted octanol–water partition coefficient (Wildman–Crippen LogP) is 4.14. The van der Waals surface area contributed by atoms with Crippen LogP contribution in [0.5, 0.6) is 11.5 Å². The molecule has 7 nitrogen and oxygen atoms in total. The van der Waals surface area contributed by atoms with E-state index in [1.54, 1.807) is 37.4 Å². The second-order valence-corrected chi connectivity index (χ2v) is 6.59. The summed E-state index contributed by atoms with van der Waals surface area (Å²) in [5, 5.41) is 11.5. The van der Waals surface area contributed by atoms with Gasteiger partial charge in [-0.1, -0.05) is 35.5 Å². The van der Waals surface area contributed by atoms with Crippen molar-refractivity contribution in [3.8, 4) is 23.0 Å². The van der Waals surface area contributed by atoms with Gasteiger partial charge in [0.15, 0.2) is 0 Å². The fraction of sp³-hybridized carbons (Fsp3) is 0.167. The Morgan fingerprint density at radius 2 is 2.00 bits per heavy atom. The van der Waals surface area contributed by atoms with Crippen LogP contribution in [0.2, 0.25) is 5.02 Å². The third kappa shape index (κ3) is 4.72. The molecular formula is C18H16ClN3O4S. The van der Waals surface area contributed by atoms with Crippen molar-refractivity contribution in [2.45, 2.75) is 5.22 Å². The highest BCUT2D eigenvalue weighted by molar-refractivity contribution is 7.99. The molecule has 0 aliphatic rings. The first-order valence-electron chi connectivity index (χ1n) is 7.84. The smallest absolute Gasteiger partial charge is 0.277 e. The quantitative estimate of drug-likeness (QED) is 0.591. The molecule has 0 radical (unpaired) electrons. The van der Waals surface area contributed by atoms with E-state index < -0.39 is 0 Å². The van der Waals surface area contributed by atoms with Gasteiger partial charge in [-0.05, 0) is 24.3 Å². The molecule has 0 saturated carbocycles. The Morgan fingerprint density at radius 3 is 2.74 bits per heavy atom. The maximum Gasteiger partial charge on any atom is 0.277 e. The number of thioether (sulfide) groups is 1. The third-order valence-electron chi connectivity index (χ3n) is 3.52. The van der Waals surface area contributed by atoms with Gasteiger partial charge in [0.25, 0.3) is 5.22 Å². The number of hydrogen-bond acceptors (Lipinski definition) is 7. The summed E-state index contributed by atoms with van der Waals surface area (Å²) in [5.41, 5.74) is 1.19. The van der Waals surface area contributed by atoms with Crippen LogP contribution in [-0.4, -0.2) is 36.1 Å². The Hall–Kier alpha value is -2.71. The van der Waals surface area contributed by atoms with Gasteiger partial charge in [0, 0.05) is 6.07 Å². The summed E-state index contributed by atoms with van der Waals surface area (Å²) in [4.78, 5) is 12.2. The normalized spacial score (nSPS) is 10.5. The molecule has 27 heavy (non-hydrogen) atoms. The lowest BCUT2D eigenvalue weighted by molar-refractivity contribution is -0.113. The minimum atomic E-state index is -0.235. The Balaban J connectivity index is 1.61. The summed E-state index contributed by atoms with van der Waals surface area (Å²) in [5.74, 6) is 1.31. The third-order valence-corrected chi connectivity index (χ3v) is 4.67. The zero-order chi connectivity index (χ0) is 19.2. The number of nitrogens with one attached hydrogen (secondary N) is 1. The Bertz CT molecular complexity index is 948. The molecule has 1 N–H and O–H groups in total. The summed E-state index contributed by atoms with van der Waals surface area (Å²) in [6.45, 7) is 0. The summed E-state index contributed by atoms with van der Waals surface area (Å²) >= 11 is 7.25. The molecule has 140 valence electrons. The van der Waals surface area contributed by atoms with Crippen LogP contribution in [0.3, 0.4) is 0 Å². The minimum Gasteiger partial charge on any atom is -0.497 e. The minimum absolute atomic E-state index is 0.0966. The van der Waals surface area contributed by atoms with Crippen LogP contribution in [0.15, 0.2) is 52.1 Å². The zero-order valence-electron chi connectivity index (χ0n) is 14.6. The molecule has 2 aromatic carbocycles. The van der Waals surface area contributed by atoms with Crippen molar-refractivity contribution in [2.75, 3.05) is 25.3 Å². The maximum absolute atomic E-state index is 12.2. The number of carbonyl (C=O) groups is 1. The Labute approximate surface area is 165 Å². The first kappa shape index (κ1) is 19.1. The van der Waals surface area contributed by atoms with Crippen LogP contribution in [0.4, 0.5) is 5.69 Å². The number of anilines is 1. The van der Waals surface area contributed by atoms with Gasteiger partial charge in [-0.3, -0.25) is 4.79 Å². The second kappa shape index (κ2) is 8.79. The van der Waals surface area contributed by atoms with Crippen molar-refractivity contribution >= 4 is 35.0 Å². The van der Waals surface area contributed by atoms with Crippen molar-refractivity contribution in [1.82, 2.24) is 10.2 Å². The number of aromatic nitrogens is 2. The van der Waals surface area contributed by atoms with Crippen molar-refractivity contribution < 1.29 is 18.7 Å². The average molecular weight is 406 g/mol. The average Bonchev–Trinajstić information content (AvgIpc) is 3.16. The zero-order valence-corrected chi connectivity index (χ0v) is 16.1. The maximum atomic E-state index is 12.2. The number of benzene rings is 2. The monoisotopic (exact) mass is 405 g/mol. The van der Waals surface area contributed by atoms with E-state index in [1.165, 1.54) is 7.11 Å². The second-order valence-electron chi connectivity index (χ2n) is 5.26. The molecule has 0 spiro atoms. The summed E-state index contributed by atoms with van der Waals surface area (Å²) < 4.78 is 16.0. The molecular weight excluding hydrogens is 390 g/mol. The van der Waals surface area contributed by atoms with E-state index in [1.807, 2.05) is 12.1 Å². The van der Waals surface area contributed by atoms with Gasteiger partial charge in [0.1, 0.15) is 11.5 Å². The van der Waals surface area contributed by atoms with E-state index in [2.05, 4.69) is 15.5 Å². The molecule has 0 fully saturated rings. The van der Waals surface area contributed by atoms with E-state index in [0.717, 1.165) is 11.8 Å². The van der Waals surface area contributed by atoms with E-state index in [0.29, 0.717) is 33.7 Å². The number of hydrogen-bond donors (Lipinski definition) is 1. The van der Waals surface area contributed by atoms with Crippen LogP contribution in [0.25, 0.3) is 11.5 Å². The predicted molar refractivity (Wildman–Crippen MR) is 104 cm³/mol. The van der Waals surface area contributed by atoms with E-state index in [4.69, 9.17) is 25.5 Å². The highest BCUT2D eigenvalue weighted by Gasteiger charge is 2.14. The molecule has 0 aliphatic heterocycles. The summed E-state index contributed by atoms with van der Waals surface area (Å²) in [6, 6.07) is 12.3. The number of halogens is 1. The van der Waals surface area contributed by atoms with E-state index in [-0.39, 0.29) is 16.9 Å². The van der Waals surface area contributed by atoms with Gasteiger partial charge in [-0.15, -0.1) is 10.2 Å². The van der Waals surface area contributed by atoms with Gasteiger partial charge >= 0.3 is 0 Å². The lowest BCUT2D eigenvalue weighted by Gasteiger charge is -2.11. The summed E-state index contributed by atoms with van der Waals surface area (Å²) in [7, 11) is 3.08. The Morgan fingerprint density at radius 1 is 1.19 bits per heavy atom. The van der Waals surface area contributed by atoms with Crippen LogP contribution < -0.4 is 14.8 Å². The van der Waals surface area contributed by atoms with E-state index >= 15 is 0 Å². The van der Waals surface area contributed by atoms with Crippen molar-refractivity contribution in [3.05, 3.63) is 47.5 Å². The molecule has 0 unspecified atom stereocenters. The molecule has 0 saturated heterocycles. The van der Waals surface area contributed by atoms with Crippen LogP contribution in [0, 0.1) is 0 Å². The van der Waals surface area contributed by atoms with Crippen LogP contribution in [0.1, 0.15) is 0 Å². The van der Waals surface area contributed by atoms with Gasteiger partial charge in [-0.2, -0.15) is 0 Å². The highest BCUT2D eigenvalue weighted by Crippen LogP contribution is 2.30. The molecule has 1 amide bonds. The Kier molecular flexibility index (Phi) is 6.20. The van der Waals surface area contributed by atoms with E-state index in [9.17, 15) is 4.79 Å². The van der Waals surface area contributed by atoms with Gasteiger partial charge in [0.05, 0.1) is 36.2 Å². The molecule has 3 aromatic rings. The number of nitrogens with zero attached hydrogens (tertiary/aromatic N) is 2. The molecule has 0 aliphatic carbocycles. The number of carbonyl (C=O) groups excluding carboxylic acids is 1. The van der Waals surface area contributed by atoms with Crippen LogP contribution >= 0.6 is 23.4 Å². The molecule has 1 aromatic heterocycles. The lowest BCUT2D eigenvalue weighted by Crippen LogP contribution is -2.14. The molecule has 9 heteroatoms. The van der Waals surface area contributed by atoms with Crippen LogP contribution in [-0.2, 0) is 4.79 Å². The SMILES string of the molecule is COc1ccc(NC(=O)CSc2nnc(-c3ccccc3Cl)o2)c(OC)c1. The van der Waals surface area contributed by atoms with Gasteiger partial charge < -0.3 is 19.2 Å². The standard InChI is InChI=1S/C18H16ClN3O4S/c1-24-11-7-8-14(15(9-11)25-2)20-16(23)10-27-18-22-21-17(26-18)12-5-3-4-6-13(12)19/h3-9H,10H2,1-2H3,(H,20,23). The number of methoxy groups -OCH3 is 2. The van der Waals surface area contributed by atoms with Crippen molar-refractivity contribution in [3.63, 3.8) is 0 Å². The first-order valence-corrected chi connectivity index (χ1v) is 9.20. The lowest BCUT2D eigenvalue weighted by atomic mass is 10.2. The molecule has 0 atom stereocenters. The number of amides is 1. The molecule has 3 rings (SSSR count). The first-order chi connectivity index (χ1) is 13.1. The molecule has 1 heterocycles. The van der Waals surface area contributed by atoms with Gasteiger partial charge in [0.2, 0.25) is 11.8 Å². The van der Waals surface area contributed by atoms with Crippen molar-refractivity contribution in [2.24, 2.45) is 0 Å². The summed E-state index contributed by atoms with van der Waals surface area (Å²) in [6.07, 6.45) is 0.